The Morgan fingerprint density at radius 3 is 2.45 bits per heavy atom. The van der Waals surface area contributed by atoms with Crippen molar-refractivity contribution in [1.29, 1.82) is 0 Å². The molecule has 0 fully saturated rings. The van der Waals surface area contributed by atoms with Crippen molar-refractivity contribution in [3.8, 4) is 0 Å². The van der Waals surface area contributed by atoms with Crippen molar-refractivity contribution in [2.24, 2.45) is 0 Å². The molecule has 0 radical (unpaired) electrons. The molecule has 1 unspecified atom stereocenters. The van der Waals surface area contributed by atoms with Crippen LogP contribution in [-0.2, 0) is 6.54 Å². The first-order valence-corrected chi connectivity index (χ1v) is 7.42. The first kappa shape index (κ1) is 13.0. The van der Waals surface area contributed by atoms with Crippen molar-refractivity contribution < 1.29 is 0 Å². The summed E-state index contributed by atoms with van der Waals surface area (Å²) in [5.74, 6) is 0. The molecular weight excluding hydrogens is 244 g/mol. The zero-order valence-corrected chi connectivity index (χ0v) is 12.1. The zero-order chi connectivity index (χ0) is 13.8. The van der Waals surface area contributed by atoms with E-state index < -0.39 is 0 Å². The van der Waals surface area contributed by atoms with Gasteiger partial charge in [0, 0.05) is 25.5 Å². The molecule has 0 bridgehead atoms. The van der Waals surface area contributed by atoms with E-state index in [1.54, 1.807) is 0 Å². The second-order valence-corrected chi connectivity index (χ2v) is 5.52. The van der Waals surface area contributed by atoms with E-state index in [4.69, 9.17) is 0 Å². The van der Waals surface area contributed by atoms with Gasteiger partial charge in [0.2, 0.25) is 0 Å². The van der Waals surface area contributed by atoms with Gasteiger partial charge in [0.05, 0.1) is 6.17 Å². The fourth-order valence-corrected chi connectivity index (χ4v) is 2.77. The molecule has 0 saturated heterocycles. The molecule has 1 aliphatic carbocycles. The van der Waals surface area contributed by atoms with E-state index in [9.17, 15) is 0 Å². The Labute approximate surface area is 121 Å². The minimum atomic E-state index is 0.423. The number of nitrogens with zero attached hydrogens (tertiary/aromatic N) is 2. The van der Waals surface area contributed by atoms with Crippen LogP contribution in [0, 0.1) is 0 Å². The highest BCUT2D eigenvalue weighted by atomic mass is 15.4. The summed E-state index contributed by atoms with van der Waals surface area (Å²) < 4.78 is 0. The summed E-state index contributed by atoms with van der Waals surface area (Å²) in [6.45, 7) is 4.26. The van der Waals surface area contributed by atoms with Crippen molar-refractivity contribution in [2.75, 3.05) is 6.54 Å². The SMILES string of the molecule is CC1N(CC2=CCCC=C2)C=CN1Cc1ccccc1. The van der Waals surface area contributed by atoms with Gasteiger partial charge in [-0.05, 0) is 30.9 Å². The first-order valence-electron chi connectivity index (χ1n) is 7.42. The van der Waals surface area contributed by atoms with Crippen LogP contribution in [0.25, 0.3) is 0 Å². The van der Waals surface area contributed by atoms with E-state index in [1.165, 1.54) is 24.0 Å². The third kappa shape index (κ3) is 2.96. The van der Waals surface area contributed by atoms with Crippen molar-refractivity contribution in [1.82, 2.24) is 9.80 Å². The molecule has 2 nitrogen and oxygen atoms in total. The molecular formula is C18H22N2. The van der Waals surface area contributed by atoms with Crippen LogP contribution in [0.5, 0.6) is 0 Å². The fourth-order valence-electron chi connectivity index (χ4n) is 2.77. The minimum absolute atomic E-state index is 0.423. The lowest BCUT2D eigenvalue weighted by Gasteiger charge is -2.30. The highest BCUT2D eigenvalue weighted by molar-refractivity contribution is 5.25. The molecule has 1 atom stereocenters. The number of rotatable bonds is 4. The maximum atomic E-state index is 2.41. The summed E-state index contributed by atoms with van der Waals surface area (Å²) >= 11 is 0. The van der Waals surface area contributed by atoms with E-state index in [2.05, 4.69) is 77.7 Å². The number of benzene rings is 1. The molecule has 0 aromatic heterocycles. The first-order chi connectivity index (χ1) is 9.83. The maximum Gasteiger partial charge on any atom is 0.0984 e. The van der Waals surface area contributed by atoms with Crippen LogP contribution in [-0.4, -0.2) is 22.5 Å². The van der Waals surface area contributed by atoms with Gasteiger partial charge in [0.25, 0.3) is 0 Å². The fraction of sp³-hybridized carbons (Fsp3) is 0.333. The van der Waals surface area contributed by atoms with Crippen LogP contribution >= 0.6 is 0 Å². The summed E-state index contributed by atoms with van der Waals surface area (Å²) in [5.41, 5.74) is 2.80. The van der Waals surface area contributed by atoms with Crippen molar-refractivity contribution in [3.63, 3.8) is 0 Å². The van der Waals surface area contributed by atoms with E-state index in [1.807, 2.05) is 0 Å². The smallest absolute Gasteiger partial charge is 0.0984 e. The van der Waals surface area contributed by atoms with Gasteiger partial charge in [-0.1, -0.05) is 48.6 Å². The molecule has 0 N–H and O–H groups in total. The standard InChI is InChI=1S/C18H22N2/c1-16-19(14-17-8-4-2-5-9-17)12-13-20(16)15-18-10-6-3-7-11-18/h2,4-6,8-13,16H,3,7,14-15H2,1H3. The monoisotopic (exact) mass is 266 g/mol. The van der Waals surface area contributed by atoms with Crippen LogP contribution in [0.3, 0.4) is 0 Å². The van der Waals surface area contributed by atoms with Crippen molar-refractivity contribution >= 4 is 0 Å². The van der Waals surface area contributed by atoms with Gasteiger partial charge in [-0.25, -0.2) is 0 Å². The average molecular weight is 266 g/mol. The molecule has 1 aromatic carbocycles. The predicted molar refractivity (Wildman–Crippen MR) is 83.8 cm³/mol. The van der Waals surface area contributed by atoms with Gasteiger partial charge >= 0.3 is 0 Å². The molecule has 2 aliphatic rings. The highest BCUT2D eigenvalue weighted by Gasteiger charge is 2.22. The molecule has 104 valence electrons. The van der Waals surface area contributed by atoms with Crippen LogP contribution in [0.4, 0.5) is 0 Å². The summed E-state index contributed by atoms with van der Waals surface area (Å²) in [6, 6.07) is 10.7. The Balaban J connectivity index is 1.60. The molecule has 0 spiro atoms. The van der Waals surface area contributed by atoms with E-state index in [0.29, 0.717) is 6.17 Å². The van der Waals surface area contributed by atoms with Gasteiger partial charge in [0.15, 0.2) is 0 Å². The van der Waals surface area contributed by atoms with E-state index in [0.717, 1.165) is 13.1 Å². The lowest BCUT2D eigenvalue weighted by Crippen LogP contribution is -2.36. The van der Waals surface area contributed by atoms with Gasteiger partial charge in [-0.2, -0.15) is 0 Å². The average Bonchev–Trinajstić information content (AvgIpc) is 2.83. The Morgan fingerprint density at radius 2 is 1.75 bits per heavy atom. The van der Waals surface area contributed by atoms with E-state index >= 15 is 0 Å². The lowest BCUT2D eigenvalue weighted by atomic mass is 10.1. The third-order valence-corrected chi connectivity index (χ3v) is 4.05. The summed E-state index contributed by atoms with van der Waals surface area (Å²) in [7, 11) is 0. The molecule has 1 aliphatic heterocycles. The van der Waals surface area contributed by atoms with Gasteiger partial charge in [-0.3, -0.25) is 0 Å². The van der Waals surface area contributed by atoms with Gasteiger partial charge in [0.1, 0.15) is 0 Å². The maximum absolute atomic E-state index is 2.41. The van der Waals surface area contributed by atoms with Crippen molar-refractivity contribution in [2.45, 2.75) is 32.5 Å². The second-order valence-electron chi connectivity index (χ2n) is 5.52. The predicted octanol–water partition coefficient (Wildman–Crippen LogP) is 3.90. The Hall–Kier alpha value is -1.96. The Bertz CT molecular complexity index is 528. The third-order valence-electron chi connectivity index (χ3n) is 4.05. The van der Waals surface area contributed by atoms with E-state index in [-0.39, 0.29) is 0 Å². The molecule has 0 amide bonds. The topological polar surface area (TPSA) is 6.48 Å². The second kappa shape index (κ2) is 6.00. The van der Waals surface area contributed by atoms with Crippen molar-refractivity contribution in [3.05, 3.63) is 72.1 Å². The largest absolute Gasteiger partial charge is 0.352 e. The lowest BCUT2D eigenvalue weighted by molar-refractivity contribution is 0.174. The Morgan fingerprint density at radius 1 is 1.00 bits per heavy atom. The highest BCUT2D eigenvalue weighted by Crippen LogP contribution is 2.21. The van der Waals surface area contributed by atoms with Gasteiger partial charge in [-0.15, -0.1) is 0 Å². The van der Waals surface area contributed by atoms with Gasteiger partial charge < -0.3 is 9.80 Å². The molecule has 3 rings (SSSR count). The van der Waals surface area contributed by atoms with Crippen LogP contribution in [0.1, 0.15) is 25.3 Å². The summed E-state index contributed by atoms with van der Waals surface area (Å²) in [6.07, 6.45) is 14.1. The molecule has 2 heteroatoms. The quantitative estimate of drug-likeness (QED) is 0.815. The number of hydrogen-bond donors (Lipinski definition) is 0. The van der Waals surface area contributed by atoms with Crippen LogP contribution < -0.4 is 0 Å². The number of allylic oxidation sites excluding steroid dienone is 2. The minimum Gasteiger partial charge on any atom is -0.352 e. The summed E-state index contributed by atoms with van der Waals surface area (Å²) in [5, 5.41) is 0. The molecule has 20 heavy (non-hydrogen) atoms. The molecule has 1 aromatic rings. The summed E-state index contributed by atoms with van der Waals surface area (Å²) in [4.78, 5) is 4.80. The molecule has 1 heterocycles. The Kier molecular flexibility index (Phi) is 3.91. The van der Waals surface area contributed by atoms with Crippen LogP contribution in [0.2, 0.25) is 0 Å². The van der Waals surface area contributed by atoms with Crippen LogP contribution in [0.15, 0.2) is 66.5 Å². The normalized spacial score (nSPS) is 21.4. The zero-order valence-electron chi connectivity index (χ0n) is 12.1. The molecule has 0 saturated carbocycles. The number of hydrogen-bond acceptors (Lipinski definition) is 2.